The van der Waals surface area contributed by atoms with Gasteiger partial charge in [-0.15, -0.1) is 0 Å². The molecule has 0 saturated heterocycles. The maximum atomic E-state index is 13.8. The van der Waals surface area contributed by atoms with Crippen LogP contribution in [0.1, 0.15) is 33.4 Å². The fourth-order valence-electron chi connectivity index (χ4n) is 4.23. The first kappa shape index (κ1) is 24.0. The summed E-state index contributed by atoms with van der Waals surface area (Å²) in [5.74, 6) is 0.747. The van der Waals surface area contributed by atoms with E-state index in [1.54, 1.807) is 36.3 Å². The summed E-state index contributed by atoms with van der Waals surface area (Å²) in [6, 6.07) is 20.8. The number of rotatable bonds is 7. The zero-order valence-electron chi connectivity index (χ0n) is 20.7. The second-order valence-electron chi connectivity index (χ2n) is 8.76. The standard InChI is InChI=1S/C29H26FN5O2/c1-19-5-4-6-21(17-19)26-25(18-35(33-26)23-11-9-22(30)10-12-23)29(36)32-27(28-31-15-16-34(28)2)20-7-13-24(37-3)14-8-20/h4-18,27H,1-3H3,(H,32,36). The number of carbonyl (C=O) groups is 1. The number of aryl methyl sites for hydroxylation is 2. The van der Waals surface area contributed by atoms with Gasteiger partial charge in [-0.25, -0.2) is 14.1 Å². The number of ether oxygens (including phenoxy) is 1. The number of carbonyl (C=O) groups excluding carboxylic acids is 1. The van der Waals surface area contributed by atoms with Gasteiger partial charge in [-0.1, -0.05) is 35.9 Å². The summed E-state index contributed by atoms with van der Waals surface area (Å²) in [7, 11) is 3.49. The Bertz CT molecular complexity index is 1540. The van der Waals surface area contributed by atoms with E-state index in [9.17, 15) is 9.18 Å². The minimum atomic E-state index is -0.516. The minimum Gasteiger partial charge on any atom is -0.497 e. The molecule has 1 unspecified atom stereocenters. The van der Waals surface area contributed by atoms with Gasteiger partial charge >= 0.3 is 0 Å². The van der Waals surface area contributed by atoms with Gasteiger partial charge in [0.25, 0.3) is 5.91 Å². The minimum absolute atomic E-state index is 0.311. The largest absolute Gasteiger partial charge is 0.497 e. The first-order chi connectivity index (χ1) is 17.9. The number of benzene rings is 3. The van der Waals surface area contributed by atoms with Gasteiger partial charge in [-0.05, 0) is 55.0 Å². The van der Waals surface area contributed by atoms with Gasteiger partial charge in [0.15, 0.2) is 0 Å². The van der Waals surface area contributed by atoms with E-state index < -0.39 is 6.04 Å². The molecular formula is C29H26FN5O2. The average molecular weight is 496 g/mol. The summed E-state index contributed by atoms with van der Waals surface area (Å²) in [5, 5.41) is 7.87. The molecule has 0 radical (unpaired) electrons. The lowest BCUT2D eigenvalue weighted by Crippen LogP contribution is -2.31. The van der Waals surface area contributed by atoms with Gasteiger partial charge in [-0.2, -0.15) is 5.10 Å². The van der Waals surface area contributed by atoms with Crippen LogP contribution in [0.25, 0.3) is 16.9 Å². The maximum absolute atomic E-state index is 13.8. The van der Waals surface area contributed by atoms with Crippen LogP contribution < -0.4 is 10.1 Å². The molecule has 1 amide bonds. The number of aromatic nitrogens is 4. The van der Waals surface area contributed by atoms with Gasteiger partial charge in [0.1, 0.15) is 29.1 Å². The molecule has 5 rings (SSSR count). The van der Waals surface area contributed by atoms with Crippen LogP contribution in [0.2, 0.25) is 0 Å². The second kappa shape index (κ2) is 10.1. The number of methoxy groups -OCH3 is 1. The van der Waals surface area contributed by atoms with Crippen LogP contribution in [0.4, 0.5) is 4.39 Å². The van der Waals surface area contributed by atoms with Gasteiger partial charge in [0.05, 0.1) is 18.4 Å². The Morgan fingerprint density at radius 3 is 2.46 bits per heavy atom. The monoisotopic (exact) mass is 495 g/mol. The quantitative estimate of drug-likeness (QED) is 0.335. The lowest BCUT2D eigenvalue weighted by Gasteiger charge is -2.19. The van der Waals surface area contributed by atoms with Crippen LogP contribution in [-0.2, 0) is 7.05 Å². The summed E-state index contributed by atoms with van der Waals surface area (Å²) in [6.45, 7) is 1.99. The van der Waals surface area contributed by atoms with Crippen LogP contribution in [-0.4, -0.2) is 32.3 Å². The number of amides is 1. The van der Waals surface area contributed by atoms with Crippen molar-refractivity contribution in [3.63, 3.8) is 0 Å². The Morgan fingerprint density at radius 1 is 1.05 bits per heavy atom. The first-order valence-corrected chi connectivity index (χ1v) is 11.8. The summed E-state index contributed by atoms with van der Waals surface area (Å²) >= 11 is 0. The van der Waals surface area contributed by atoms with Crippen LogP contribution in [0.3, 0.4) is 0 Å². The molecule has 0 aliphatic rings. The Hall–Kier alpha value is -4.72. The fraction of sp³-hybridized carbons (Fsp3) is 0.138. The van der Waals surface area contributed by atoms with Crippen molar-refractivity contribution in [1.82, 2.24) is 24.6 Å². The van der Waals surface area contributed by atoms with E-state index in [1.807, 2.05) is 73.3 Å². The third-order valence-electron chi connectivity index (χ3n) is 6.18. The third kappa shape index (κ3) is 4.99. The molecule has 1 N–H and O–H groups in total. The Kier molecular flexibility index (Phi) is 6.55. The molecule has 8 heteroatoms. The fourth-order valence-corrected chi connectivity index (χ4v) is 4.23. The summed E-state index contributed by atoms with van der Waals surface area (Å²) < 4.78 is 22.3. The topological polar surface area (TPSA) is 74.0 Å². The van der Waals surface area contributed by atoms with Crippen LogP contribution in [0.5, 0.6) is 5.75 Å². The molecule has 3 aromatic carbocycles. The Balaban J connectivity index is 1.57. The second-order valence-corrected chi connectivity index (χ2v) is 8.76. The van der Waals surface area contributed by atoms with Crippen molar-refractivity contribution < 1.29 is 13.9 Å². The Morgan fingerprint density at radius 2 is 1.81 bits per heavy atom. The number of hydrogen-bond acceptors (Lipinski definition) is 4. The number of imidazole rings is 1. The van der Waals surface area contributed by atoms with Crippen molar-refractivity contribution in [2.75, 3.05) is 7.11 Å². The highest BCUT2D eigenvalue weighted by atomic mass is 19.1. The number of halogens is 1. The lowest BCUT2D eigenvalue weighted by molar-refractivity contribution is 0.0941. The van der Waals surface area contributed by atoms with Crippen LogP contribution in [0, 0.1) is 12.7 Å². The highest BCUT2D eigenvalue weighted by molar-refractivity contribution is 6.00. The molecule has 7 nitrogen and oxygen atoms in total. The molecule has 0 bridgehead atoms. The normalized spacial score (nSPS) is 11.8. The molecule has 0 aliphatic carbocycles. The first-order valence-electron chi connectivity index (χ1n) is 11.8. The third-order valence-corrected chi connectivity index (χ3v) is 6.18. The molecule has 37 heavy (non-hydrogen) atoms. The van der Waals surface area contributed by atoms with E-state index in [2.05, 4.69) is 10.3 Å². The van der Waals surface area contributed by atoms with Crippen molar-refractivity contribution in [3.8, 4) is 22.7 Å². The van der Waals surface area contributed by atoms with Crippen LogP contribution >= 0.6 is 0 Å². The summed E-state index contributed by atoms with van der Waals surface area (Å²) in [6.07, 6.45) is 5.20. The van der Waals surface area contributed by atoms with Crippen molar-refractivity contribution in [3.05, 3.63) is 120 Å². The van der Waals surface area contributed by atoms with Gasteiger partial charge in [0.2, 0.25) is 0 Å². The number of nitrogens with zero attached hydrogens (tertiary/aromatic N) is 4. The summed E-state index contributed by atoms with van der Waals surface area (Å²) in [4.78, 5) is 18.3. The molecule has 0 spiro atoms. The summed E-state index contributed by atoms with van der Waals surface area (Å²) in [5.41, 5.74) is 4.27. The number of hydrogen-bond donors (Lipinski definition) is 1. The zero-order chi connectivity index (χ0) is 25.9. The van der Waals surface area contributed by atoms with Crippen molar-refractivity contribution >= 4 is 5.91 Å². The molecule has 2 aromatic heterocycles. The molecular weight excluding hydrogens is 469 g/mol. The number of nitrogens with one attached hydrogen (secondary N) is 1. The lowest BCUT2D eigenvalue weighted by atomic mass is 10.0. The van der Waals surface area contributed by atoms with E-state index >= 15 is 0 Å². The molecule has 0 fully saturated rings. The van der Waals surface area contributed by atoms with E-state index in [0.29, 0.717) is 22.8 Å². The van der Waals surface area contributed by atoms with Crippen LogP contribution in [0.15, 0.2) is 91.4 Å². The molecule has 0 saturated carbocycles. The van der Waals surface area contributed by atoms with Crippen molar-refractivity contribution in [2.24, 2.45) is 7.05 Å². The van der Waals surface area contributed by atoms with E-state index in [1.165, 1.54) is 12.1 Å². The average Bonchev–Trinajstić information content (AvgIpc) is 3.55. The molecule has 186 valence electrons. The smallest absolute Gasteiger partial charge is 0.255 e. The molecule has 2 heterocycles. The van der Waals surface area contributed by atoms with Crippen molar-refractivity contribution in [1.29, 1.82) is 0 Å². The SMILES string of the molecule is COc1ccc(C(NC(=O)c2cn(-c3ccc(F)cc3)nc2-c2cccc(C)c2)c2nccn2C)cc1. The van der Waals surface area contributed by atoms with Crippen molar-refractivity contribution in [2.45, 2.75) is 13.0 Å². The van der Waals surface area contributed by atoms with E-state index in [4.69, 9.17) is 9.84 Å². The predicted octanol–water partition coefficient (Wildman–Crippen LogP) is 5.25. The van der Waals surface area contributed by atoms with Gasteiger partial charge < -0.3 is 14.6 Å². The van der Waals surface area contributed by atoms with Gasteiger partial charge in [-0.3, -0.25) is 4.79 Å². The Labute approximate surface area is 214 Å². The molecule has 0 aliphatic heterocycles. The zero-order valence-corrected chi connectivity index (χ0v) is 20.7. The predicted molar refractivity (Wildman–Crippen MR) is 139 cm³/mol. The highest BCUT2D eigenvalue weighted by Crippen LogP contribution is 2.28. The van der Waals surface area contributed by atoms with Gasteiger partial charge in [0, 0.05) is 31.2 Å². The molecule has 1 atom stereocenters. The van der Waals surface area contributed by atoms with E-state index in [-0.39, 0.29) is 11.7 Å². The molecule has 5 aromatic rings. The maximum Gasteiger partial charge on any atom is 0.255 e. The van der Waals surface area contributed by atoms with E-state index in [0.717, 1.165) is 22.4 Å². The highest BCUT2D eigenvalue weighted by Gasteiger charge is 2.25.